The summed E-state index contributed by atoms with van der Waals surface area (Å²) in [6.07, 6.45) is 81.3. The number of amides is 1. The monoisotopic (exact) mass is 904 g/mol. The molecular weight excluding hydrogens is 795 g/mol. The number of carbonyl (C=O) groups is 1. The second-order valence-electron chi connectivity index (χ2n) is 19.0. The van der Waals surface area contributed by atoms with E-state index in [0.717, 1.165) is 70.6 Å². The SMILES string of the molecule is CC/C=C\C/C=C\C/C=C\C/C=C\C/C=C\C/C=C\C/C=C\CCCCCCCCCCCCCC(=O)NC(CO)C(O)CCCCCCCCCCCCCCCCCCCCCC. The van der Waals surface area contributed by atoms with Crippen molar-refractivity contribution in [3.8, 4) is 0 Å². The van der Waals surface area contributed by atoms with E-state index in [2.05, 4.69) is 104 Å². The molecule has 0 aromatic rings. The summed E-state index contributed by atoms with van der Waals surface area (Å²) in [5.74, 6) is -0.0352. The molecule has 0 bridgehead atoms. The van der Waals surface area contributed by atoms with E-state index in [1.165, 1.54) is 180 Å². The molecule has 0 saturated carbocycles. The maximum absolute atomic E-state index is 12.5. The van der Waals surface area contributed by atoms with Crippen LogP contribution in [0.4, 0.5) is 0 Å². The van der Waals surface area contributed by atoms with Crippen LogP contribution in [0.15, 0.2) is 85.1 Å². The van der Waals surface area contributed by atoms with E-state index >= 15 is 0 Å². The first-order valence-corrected chi connectivity index (χ1v) is 28.3. The highest BCUT2D eigenvalue weighted by molar-refractivity contribution is 5.76. The fraction of sp³-hybridized carbons (Fsp3) is 0.754. The highest BCUT2D eigenvalue weighted by Crippen LogP contribution is 2.17. The van der Waals surface area contributed by atoms with Gasteiger partial charge in [-0.1, -0.05) is 285 Å². The van der Waals surface area contributed by atoms with Crippen LogP contribution in [0.2, 0.25) is 0 Å². The van der Waals surface area contributed by atoms with Crippen molar-refractivity contribution in [1.29, 1.82) is 0 Å². The Kier molecular flexibility index (Phi) is 53.8. The molecule has 0 saturated heterocycles. The van der Waals surface area contributed by atoms with Crippen molar-refractivity contribution < 1.29 is 15.0 Å². The largest absolute Gasteiger partial charge is 0.394 e. The molecule has 0 aliphatic carbocycles. The van der Waals surface area contributed by atoms with Gasteiger partial charge in [0.2, 0.25) is 5.91 Å². The predicted molar refractivity (Wildman–Crippen MR) is 290 cm³/mol. The molecule has 2 unspecified atom stereocenters. The van der Waals surface area contributed by atoms with Gasteiger partial charge in [-0.3, -0.25) is 4.79 Å². The predicted octanol–water partition coefficient (Wildman–Crippen LogP) is 18.8. The molecule has 3 N–H and O–H groups in total. The van der Waals surface area contributed by atoms with E-state index < -0.39 is 12.1 Å². The second-order valence-corrected chi connectivity index (χ2v) is 19.0. The smallest absolute Gasteiger partial charge is 0.220 e. The lowest BCUT2D eigenvalue weighted by atomic mass is 10.0. The number of hydrogen-bond acceptors (Lipinski definition) is 3. The standard InChI is InChI=1S/C61H109NO3/c1-3-5-7-9-11-13-15-17-19-21-23-25-26-27-28-29-30-31-32-33-34-35-36-37-39-41-43-45-47-49-51-53-55-57-61(65)62-59(58-63)60(64)56-54-52-50-48-46-44-42-40-38-24-22-20-18-16-14-12-10-8-6-4-2/h5,7,11,13,17,19,23,25,27-28,30-31,33-34,59-60,63-64H,3-4,6,8-10,12,14-16,18,20-22,24,26,29,32,35-58H2,1-2H3,(H,62,65)/b7-5-,13-11-,19-17-,25-23-,28-27-,31-30-,34-33-. The summed E-state index contributed by atoms with van der Waals surface area (Å²) in [7, 11) is 0. The second kappa shape index (κ2) is 55.9. The first-order chi connectivity index (χ1) is 32.2. The molecule has 4 nitrogen and oxygen atoms in total. The van der Waals surface area contributed by atoms with Crippen molar-refractivity contribution in [1.82, 2.24) is 5.32 Å². The van der Waals surface area contributed by atoms with Crippen LogP contribution in [0.25, 0.3) is 0 Å². The lowest BCUT2D eigenvalue weighted by Gasteiger charge is -2.22. The zero-order chi connectivity index (χ0) is 47.0. The minimum Gasteiger partial charge on any atom is -0.394 e. The van der Waals surface area contributed by atoms with Crippen LogP contribution in [0, 0.1) is 0 Å². The molecule has 0 radical (unpaired) electrons. The number of unbranched alkanes of at least 4 members (excludes halogenated alkanes) is 30. The van der Waals surface area contributed by atoms with Crippen molar-refractivity contribution in [3.05, 3.63) is 85.1 Å². The van der Waals surface area contributed by atoms with Gasteiger partial charge in [0.1, 0.15) is 0 Å². The minimum absolute atomic E-state index is 0.0352. The Morgan fingerprint density at radius 3 is 1.02 bits per heavy atom. The van der Waals surface area contributed by atoms with Crippen LogP contribution in [0.1, 0.15) is 277 Å². The van der Waals surface area contributed by atoms with E-state index in [-0.39, 0.29) is 12.5 Å². The zero-order valence-electron chi connectivity index (χ0n) is 43.2. The zero-order valence-corrected chi connectivity index (χ0v) is 43.2. The van der Waals surface area contributed by atoms with Crippen LogP contribution < -0.4 is 5.32 Å². The first kappa shape index (κ1) is 62.6. The summed E-state index contributed by atoms with van der Waals surface area (Å²) >= 11 is 0. The van der Waals surface area contributed by atoms with E-state index in [1.807, 2.05) is 0 Å². The summed E-state index contributed by atoms with van der Waals surface area (Å²) in [6, 6.07) is -0.543. The molecule has 0 rings (SSSR count). The quantitative estimate of drug-likeness (QED) is 0.0421. The third kappa shape index (κ3) is 52.4. The third-order valence-electron chi connectivity index (χ3n) is 12.7. The summed E-state index contributed by atoms with van der Waals surface area (Å²) in [4.78, 5) is 12.5. The molecule has 0 fully saturated rings. The normalized spacial score (nSPS) is 13.5. The van der Waals surface area contributed by atoms with Gasteiger partial charge < -0.3 is 15.5 Å². The van der Waals surface area contributed by atoms with Gasteiger partial charge in [-0.05, 0) is 70.6 Å². The fourth-order valence-electron chi connectivity index (χ4n) is 8.40. The van der Waals surface area contributed by atoms with Gasteiger partial charge in [-0.25, -0.2) is 0 Å². The van der Waals surface area contributed by atoms with Crippen LogP contribution in [-0.4, -0.2) is 34.9 Å². The van der Waals surface area contributed by atoms with Crippen molar-refractivity contribution >= 4 is 5.91 Å². The van der Waals surface area contributed by atoms with Crippen LogP contribution >= 0.6 is 0 Å². The Morgan fingerprint density at radius 1 is 0.385 bits per heavy atom. The van der Waals surface area contributed by atoms with E-state index in [4.69, 9.17) is 0 Å². The average molecular weight is 905 g/mol. The Morgan fingerprint density at radius 2 is 0.677 bits per heavy atom. The molecule has 1 amide bonds. The molecule has 376 valence electrons. The van der Waals surface area contributed by atoms with Gasteiger partial charge in [0, 0.05) is 6.42 Å². The summed E-state index contributed by atoms with van der Waals surface area (Å²) in [6.45, 7) is 4.26. The molecule has 0 aromatic carbocycles. The Balaban J connectivity index is 3.52. The maximum atomic E-state index is 12.5. The molecule has 2 atom stereocenters. The minimum atomic E-state index is -0.666. The summed E-state index contributed by atoms with van der Waals surface area (Å²) in [5.41, 5.74) is 0. The molecular formula is C61H109NO3. The fourth-order valence-corrected chi connectivity index (χ4v) is 8.40. The van der Waals surface area contributed by atoms with Crippen LogP contribution in [0.3, 0.4) is 0 Å². The van der Waals surface area contributed by atoms with Gasteiger partial charge in [0.25, 0.3) is 0 Å². The molecule has 0 aliphatic rings. The van der Waals surface area contributed by atoms with Crippen molar-refractivity contribution in [2.24, 2.45) is 0 Å². The molecule has 65 heavy (non-hydrogen) atoms. The topological polar surface area (TPSA) is 69.6 Å². The number of allylic oxidation sites excluding steroid dienone is 14. The van der Waals surface area contributed by atoms with E-state index in [9.17, 15) is 15.0 Å². The summed E-state index contributed by atoms with van der Waals surface area (Å²) in [5, 5.41) is 23.3. The van der Waals surface area contributed by atoms with Crippen molar-refractivity contribution in [2.45, 2.75) is 289 Å². The van der Waals surface area contributed by atoms with E-state index in [0.29, 0.717) is 12.8 Å². The highest BCUT2D eigenvalue weighted by Gasteiger charge is 2.20. The first-order valence-electron chi connectivity index (χ1n) is 28.3. The lowest BCUT2D eigenvalue weighted by molar-refractivity contribution is -0.123. The van der Waals surface area contributed by atoms with Crippen molar-refractivity contribution in [2.75, 3.05) is 6.61 Å². The van der Waals surface area contributed by atoms with Crippen LogP contribution in [-0.2, 0) is 4.79 Å². The number of hydrogen-bond donors (Lipinski definition) is 3. The Hall–Kier alpha value is -2.43. The lowest BCUT2D eigenvalue weighted by Crippen LogP contribution is -2.45. The van der Waals surface area contributed by atoms with Crippen molar-refractivity contribution in [3.63, 3.8) is 0 Å². The van der Waals surface area contributed by atoms with Gasteiger partial charge in [0.15, 0.2) is 0 Å². The number of aliphatic hydroxyl groups is 2. The van der Waals surface area contributed by atoms with Gasteiger partial charge in [-0.15, -0.1) is 0 Å². The number of rotatable bonds is 51. The van der Waals surface area contributed by atoms with E-state index in [1.54, 1.807) is 0 Å². The summed E-state index contributed by atoms with van der Waals surface area (Å²) < 4.78 is 0. The molecule has 0 spiro atoms. The van der Waals surface area contributed by atoms with Gasteiger partial charge >= 0.3 is 0 Å². The maximum Gasteiger partial charge on any atom is 0.220 e. The molecule has 4 heteroatoms. The number of carbonyl (C=O) groups excluding carboxylic acids is 1. The number of aliphatic hydroxyl groups excluding tert-OH is 2. The average Bonchev–Trinajstić information content (AvgIpc) is 3.31. The molecule has 0 heterocycles. The third-order valence-corrected chi connectivity index (χ3v) is 12.7. The Labute approximate surface area is 405 Å². The number of nitrogens with one attached hydrogen (secondary N) is 1. The molecule has 0 aliphatic heterocycles. The van der Waals surface area contributed by atoms with Gasteiger partial charge in [0.05, 0.1) is 18.8 Å². The van der Waals surface area contributed by atoms with Gasteiger partial charge in [-0.2, -0.15) is 0 Å². The highest BCUT2D eigenvalue weighted by atomic mass is 16.3. The van der Waals surface area contributed by atoms with Crippen LogP contribution in [0.5, 0.6) is 0 Å². The Bertz CT molecular complexity index is 1160. The molecule has 0 aromatic heterocycles.